The van der Waals surface area contributed by atoms with E-state index in [1.54, 1.807) is 0 Å². The summed E-state index contributed by atoms with van der Waals surface area (Å²) < 4.78 is 5.23. The highest BCUT2D eigenvalue weighted by molar-refractivity contribution is 4.83. The third kappa shape index (κ3) is 3.58. The summed E-state index contributed by atoms with van der Waals surface area (Å²) in [4.78, 5) is 0. The van der Waals surface area contributed by atoms with Gasteiger partial charge in [0.15, 0.2) is 0 Å². The van der Waals surface area contributed by atoms with Crippen LogP contribution in [0, 0.1) is 11.3 Å². The van der Waals surface area contributed by atoms with E-state index in [1.165, 1.54) is 38.5 Å². The van der Waals surface area contributed by atoms with Gasteiger partial charge >= 0.3 is 0 Å². The van der Waals surface area contributed by atoms with Gasteiger partial charge in [-0.3, -0.25) is 0 Å². The average Bonchev–Trinajstić information content (AvgIpc) is 2.15. The number of hydrogen-bond acceptors (Lipinski definition) is 2. The van der Waals surface area contributed by atoms with Gasteiger partial charge in [0.25, 0.3) is 0 Å². The molecule has 1 fully saturated rings. The second-order valence-electron chi connectivity index (χ2n) is 5.14. The van der Waals surface area contributed by atoms with Crippen LogP contribution in [0.15, 0.2) is 0 Å². The van der Waals surface area contributed by atoms with Gasteiger partial charge in [-0.2, -0.15) is 0 Å². The van der Waals surface area contributed by atoms with Crippen molar-refractivity contribution in [3.05, 3.63) is 0 Å². The summed E-state index contributed by atoms with van der Waals surface area (Å²) in [5, 5.41) is 8.72. The zero-order valence-electron chi connectivity index (χ0n) is 9.59. The van der Waals surface area contributed by atoms with Crippen molar-refractivity contribution in [2.45, 2.75) is 52.4 Å². The molecule has 84 valence electrons. The Labute approximate surface area is 87.7 Å². The largest absolute Gasteiger partial charge is 0.371 e. The van der Waals surface area contributed by atoms with Gasteiger partial charge in [0.2, 0.25) is 0 Å². The van der Waals surface area contributed by atoms with Gasteiger partial charge in [-0.1, -0.05) is 33.1 Å². The van der Waals surface area contributed by atoms with E-state index in [-0.39, 0.29) is 6.79 Å². The van der Waals surface area contributed by atoms with E-state index in [4.69, 9.17) is 9.84 Å². The maximum absolute atomic E-state index is 8.72. The first-order chi connectivity index (χ1) is 6.68. The maximum Gasteiger partial charge on any atom is 0.143 e. The molecular weight excluding hydrogens is 176 g/mol. The summed E-state index contributed by atoms with van der Waals surface area (Å²) in [5.41, 5.74) is 0.370. The molecule has 2 nitrogen and oxygen atoms in total. The zero-order valence-corrected chi connectivity index (χ0v) is 9.59. The molecule has 1 rings (SSSR count). The highest BCUT2D eigenvalue weighted by Crippen LogP contribution is 2.41. The first-order valence-electron chi connectivity index (χ1n) is 5.87. The monoisotopic (exact) mass is 200 g/mol. The van der Waals surface area contributed by atoms with Gasteiger partial charge in [0.1, 0.15) is 6.79 Å². The van der Waals surface area contributed by atoms with E-state index in [9.17, 15) is 0 Å². The lowest BCUT2D eigenvalue weighted by Gasteiger charge is -2.38. The zero-order chi connectivity index (χ0) is 10.4. The summed E-state index contributed by atoms with van der Waals surface area (Å²) in [6.45, 7) is 5.17. The van der Waals surface area contributed by atoms with Gasteiger partial charge in [0.05, 0.1) is 6.61 Å². The molecule has 1 saturated carbocycles. The molecule has 0 bridgehead atoms. The highest BCUT2D eigenvalue weighted by atomic mass is 16.6. The SMILES string of the molecule is CC(C)CC1(COCO)CCCCC1. The van der Waals surface area contributed by atoms with Crippen LogP contribution in [0.3, 0.4) is 0 Å². The lowest BCUT2D eigenvalue weighted by atomic mass is 9.70. The minimum absolute atomic E-state index is 0.125. The van der Waals surface area contributed by atoms with E-state index in [0.29, 0.717) is 5.41 Å². The molecule has 1 N–H and O–H groups in total. The van der Waals surface area contributed by atoms with Crippen LogP contribution >= 0.6 is 0 Å². The van der Waals surface area contributed by atoms with Crippen LogP contribution in [-0.2, 0) is 4.74 Å². The molecule has 0 unspecified atom stereocenters. The van der Waals surface area contributed by atoms with Gasteiger partial charge in [-0.15, -0.1) is 0 Å². The van der Waals surface area contributed by atoms with Gasteiger partial charge in [-0.05, 0) is 30.6 Å². The predicted octanol–water partition coefficient (Wildman–Crippen LogP) is 2.95. The standard InChI is InChI=1S/C12H24O2/c1-11(2)8-12(9-14-10-13)6-4-3-5-7-12/h11,13H,3-10H2,1-2H3. The van der Waals surface area contributed by atoms with Crippen molar-refractivity contribution in [2.24, 2.45) is 11.3 Å². The van der Waals surface area contributed by atoms with Gasteiger partial charge in [0, 0.05) is 0 Å². The minimum atomic E-state index is -0.125. The van der Waals surface area contributed by atoms with E-state index in [1.807, 2.05) is 0 Å². The smallest absolute Gasteiger partial charge is 0.143 e. The molecule has 2 heteroatoms. The van der Waals surface area contributed by atoms with E-state index in [2.05, 4.69) is 13.8 Å². The molecule has 0 saturated heterocycles. The molecule has 0 radical (unpaired) electrons. The molecule has 14 heavy (non-hydrogen) atoms. The van der Waals surface area contributed by atoms with E-state index >= 15 is 0 Å². The van der Waals surface area contributed by atoms with Crippen LogP contribution in [0.1, 0.15) is 52.4 Å². The third-order valence-corrected chi connectivity index (χ3v) is 3.26. The van der Waals surface area contributed by atoms with Crippen molar-refractivity contribution in [3.63, 3.8) is 0 Å². The van der Waals surface area contributed by atoms with Gasteiger partial charge in [-0.25, -0.2) is 0 Å². The average molecular weight is 200 g/mol. The molecule has 0 spiro atoms. The molecule has 1 aliphatic rings. The third-order valence-electron chi connectivity index (χ3n) is 3.26. The Kier molecular flexibility index (Phi) is 4.90. The van der Waals surface area contributed by atoms with Crippen molar-refractivity contribution in [2.75, 3.05) is 13.4 Å². The van der Waals surface area contributed by atoms with Crippen LogP contribution in [-0.4, -0.2) is 18.5 Å². The summed E-state index contributed by atoms with van der Waals surface area (Å²) in [7, 11) is 0. The molecule has 0 aromatic rings. The molecule has 0 heterocycles. The summed E-state index contributed by atoms with van der Waals surface area (Å²) in [5.74, 6) is 0.732. The molecule has 0 amide bonds. The fourth-order valence-corrected chi connectivity index (χ4v) is 2.84. The van der Waals surface area contributed by atoms with Crippen LogP contribution in [0.25, 0.3) is 0 Å². The Morgan fingerprint density at radius 1 is 1.21 bits per heavy atom. The van der Waals surface area contributed by atoms with Gasteiger partial charge < -0.3 is 9.84 Å². The Bertz CT molecular complexity index is 148. The Morgan fingerprint density at radius 3 is 2.36 bits per heavy atom. The molecule has 0 aromatic carbocycles. The normalized spacial score (nSPS) is 21.4. The van der Waals surface area contributed by atoms with Crippen molar-refractivity contribution in [1.29, 1.82) is 0 Å². The highest BCUT2D eigenvalue weighted by Gasteiger charge is 2.32. The predicted molar refractivity (Wildman–Crippen MR) is 58.0 cm³/mol. The summed E-state index contributed by atoms with van der Waals surface area (Å²) in [6.07, 6.45) is 7.85. The van der Waals surface area contributed by atoms with Crippen LogP contribution in [0.2, 0.25) is 0 Å². The Balaban J connectivity index is 2.47. The van der Waals surface area contributed by atoms with Crippen LogP contribution in [0.5, 0.6) is 0 Å². The number of ether oxygens (including phenoxy) is 1. The summed E-state index contributed by atoms with van der Waals surface area (Å²) in [6, 6.07) is 0. The number of aliphatic hydroxyl groups is 1. The number of rotatable bonds is 5. The molecule has 0 aliphatic heterocycles. The Morgan fingerprint density at radius 2 is 1.86 bits per heavy atom. The van der Waals surface area contributed by atoms with E-state index in [0.717, 1.165) is 12.5 Å². The number of aliphatic hydroxyl groups excluding tert-OH is 1. The molecule has 0 aromatic heterocycles. The van der Waals surface area contributed by atoms with Crippen molar-refractivity contribution in [1.82, 2.24) is 0 Å². The number of hydrogen-bond donors (Lipinski definition) is 1. The molecular formula is C12H24O2. The topological polar surface area (TPSA) is 29.5 Å². The van der Waals surface area contributed by atoms with E-state index < -0.39 is 0 Å². The fourth-order valence-electron chi connectivity index (χ4n) is 2.84. The first-order valence-corrected chi connectivity index (χ1v) is 5.87. The van der Waals surface area contributed by atoms with Crippen molar-refractivity contribution >= 4 is 0 Å². The fraction of sp³-hybridized carbons (Fsp3) is 1.00. The Hall–Kier alpha value is -0.0800. The second kappa shape index (κ2) is 5.72. The second-order valence-corrected chi connectivity index (χ2v) is 5.14. The molecule has 0 atom stereocenters. The maximum atomic E-state index is 8.72. The quantitative estimate of drug-likeness (QED) is 0.691. The van der Waals surface area contributed by atoms with Crippen LogP contribution < -0.4 is 0 Å². The first kappa shape index (κ1) is 12.0. The van der Waals surface area contributed by atoms with Crippen molar-refractivity contribution in [3.8, 4) is 0 Å². The minimum Gasteiger partial charge on any atom is -0.371 e. The van der Waals surface area contributed by atoms with Crippen molar-refractivity contribution < 1.29 is 9.84 Å². The summed E-state index contributed by atoms with van der Waals surface area (Å²) >= 11 is 0. The lowest BCUT2D eigenvalue weighted by molar-refractivity contribution is -0.0608. The lowest BCUT2D eigenvalue weighted by Crippen LogP contribution is -2.31. The van der Waals surface area contributed by atoms with Crippen LogP contribution in [0.4, 0.5) is 0 Å². The molecule has 1 aliphatic carbocycles.